The molecule has 0 bridgehead atoms. The van der Waals surface area contributed by atoms with Crippen molar-refractivity contribution < 1.29 is 54.5 Å². The molecule has 8 aromatic rings. The summed E-state index contributed by atoms with van der Waals surface area (Å²) < 4.78 is 77.7. The summed E-state index contributed by atoms with van der Waals surface area (Å²) in [4.78, 5) is 79.0. The molecule has 0 aliphatic carbocycles. The number of nitrogens with one attached hydrogen (secondary N) is 1. The third kappa shape index (κ3) is 10.5. The first-order valence-electron chi connectivity index (χ1n) is 20.4. The van der Waals surface area contributed by atoms with Crippen LogP contribution >= 0.6 is 0 Å². The molecule has 0 unspecified atom stereocenters. The van der Waals surface area contributed by atoms with E-state index in [0.717, 1.165) is 39.2 Å². The molecule has 350 valence electrons. The summed E-state index contributed by atoms with van der Waals surface area (Å²) in [7, 11) is -6.25. The van der Waals surface area contributed by atoms with Crippen molar-refractivity contribution in [3.63, 3.8) is 0 Å². The van der Waals surface area contributed by atoms with Gasteiger partial charge in [0.25, 0.3) is 0 Å². The predicted molar refractivity (Wildman–Crippen MR) is 240 cm³/mol. The van der Waals surface area contributed by atoms with Gasteiger partial charge in [0.1, 0.15) is 25.9 Å². The zero-order chi connectivity index (χ0) is 48.4. The smallest absolute Gasteiger partial charge is 0.462 e. The maximum Gasteiger partial charge on any atom is 0.534 e. The number of carbonyl (C=O) groups is 2. The number of ether oxygens (including phenoxy) is 2. The summed E-state index contributed by atoms with van der Waals surface area (Å²) in [6.45, 7) is 3.22. The third-order valence-corrected chi connectivity index (χ3v) is 10.6. The van der Waals surface area contributed by atoms with Crippen LogP contribution in [0.5, 0.6) is 5.75 Å². The Morgan fingerprint density at radius 3 is 1.71 bits per heavy atom. The van der Waals surface area contributed by atoms with Gasteiger partial charge in [0, 0.05) is 18.9 Å². The fourth-order valence-electron chi connectivity index (χ4n) is 6.58. The third-order valence-electron chi connectivity index (χ3n) is 9.68. The minimum atomic E-state index is -6.25. The van der Waals surface area contributed by atoms with E-state index in [1.165, 1.54) is 13.3 Å². The fraction of sp³-hybridized carbons (Fsp3) is 0.174. The monoisotopic (exact) mass is 953 g/mol. The maximum atomic E-state index is 13.6. The highest BCUT2D eigenvalue weighted by atomic mass is 32.2. The second kappa shape index (κ2) is 20.8. The van der Waals surface area contributed by atoms with Crippen molar-refractivity contribution in [2.24, 2.45) is 0 Å². The highest BCUT2D eigenvalue weighted by molar-refractivity contribution is 7.88. The number of rotatable bonds is 15. The van der Waals surface area contributed by atoms with Gasteiger partial charge >= 0.3 is 38.7 Å². The second-order valence-electron chi connectivity index (χ2n) is 14.2. The van der Waals surface area contributed by atoms with Gasteiger partial charge in [-0.25, -0.2) is 29.5 Å². The lowest BCUT2D eigenvalue weighted by Crippen LogP contribution is -2.35. The quantitative estimate of drug-likeness (QED) is 0.0688. The molecule has 4 heterocycles. The molecule has 0 fully saturated rings. The van der Waals surface area contributed by atoms with Gasteiger partial charge in [-0.3, -0.25) is 9.59 Å². The first kappa shape index (κ1) is 47.6. The SMILES string of the molecule is CCOC(=O)c1c(NCc2ccc3ccccc3c2)c2cncnc2n(OCc2ccccc2)c1=O.CCOC(=O)c1c(OS(=O)(=O)C(F)(F)F)c2cncnc2n(OCc2ccccc2)c1=O. The van der Waals surface area contributed by atoms with Crippen molar-refractivity contribution in [1.29, 1.82) is 0 Å². The molecule has 4 aromatic heterocycles. The van der Waals surface area contributed by atoms with Crippen molar-refractivity contribution in [2.75, 3.05) is 18.5 Å². The van der Waals surface area contributed by atoms with E-state index < -0.39 is 61.0 Å². The Hall–Kier alpha value is -8.40. The van der Waals surface area contributed by atoms with Crippen LogP contribution in [-0.4, -0.2) is 68.5 Å². The van der Waals surface area contributed by atoms with E-state index in [-0.39, 0.29) is 37.6 Å². The minimum Gasteiger partial charge on any atom is -0.462 e. The minimum absolute atomic E-state index is 0.117. The van der Waals surface area contributed by atoms with Crippen molar-refractivity contribution in [3.8, 4) is 5.75 Å². The van der Waals surface area contributed by atoms with Crippen LogP contribution in [0.25, 0.3) is 32.8 Å². The number of carbonyl (C=O) groups excluding carboxylic acids is 2. The summed E-state index contributed by atoms with van der Waals surface area (Å²) >= 11 is 0. The highest BCUT2D eigenvalue weighted by Crippen LogP contribution is 2.33. The van der Waals surface area contributed by atoms with Crippen LogP contribution in [-0.2, 0) is 39.4 Å². The Kier molecular flexibility index (Phi) is 14.6. The molecule has 1 N–H and O–H groups in total. The molecule has 0 amide bonds. The molecule has 22 heteroatoms. The molecule has 0 aliphatic rings. The molecular weight excluding hydrogens is 916 g/mol. The number of hydrogen-bond donors (Lipinski definition) is 1. The van der Waals surface area contributed by atoms with Crippen LogP contribution in [0, 0.1) is 0 Å². The Bertz CT molecular complexity index is 3360. The molecule has 0 spiro atoms. The number of pyridine rings is 2. The van der Waals surface area contributed by atoms with E-state index in [2.05, 4.69) is 35.5 Å². The first-order chi connectivity index (χ1) is 32.7. The molecule has 18 nitrogen and oxygen atoms in total. The zero-order valence-corrected chi connectivity index (χ0v) is 36.7. The van der Waals surface area contributed by atoms with Crippen molar-refractivity contribution in [2.45, 2.75) is 39.1 Å². The number of alkyl halides is 3. The number of hydrogen-bond acceptors (Lipinski definition) is 16. The number of benzene rings is 4. The van der Waals surface area contributed by atoms with Crippen LogP contribution in [0.15, 0.2) is 138 Å². The van der Waals surface area contributed by atoms with E-state index in [4.69, 9.17) is 19.1 Å². The van der Waals surface area contributed by atoms with Gasteiger partial charge in [0.05, 0.1) is 29.7 Å². The summed E-state index contributed by atoms with van der Waals surface area (Å²) in [6, 6.07) is 32.1. The number of halogens is 3. The first-order valence-corrected chi connectivity index (χ1v) is 21.8. The molecular formula is C46H38F3N7O11S. The lowest BCUT2D eigenvalue weighted by atomic mass is 10.1. The molecule has 0 aliphatic heterocycles. The molecule has 8 rings (SSSR count). The summed E-state index contributed by atoms with van der Waals surface area (Å²) in [6.07, 6.45) is 4.70. The van der Waals surface area contributed by atoms with Crippen molar-refractivity contribution in [1.82, 2.24) is 29.4 Å². The Labute approximate surface area is 383 Å². The summed E-state index contributed by atoms with van der Waals surface area (Å²) in [5.41, 5.74) is -6.53. The Morgan fingerprint density at radius 2 is 1.15 bits per heavy atom. The maximum absolute atomic E-state index is 13.6. The van der Waals surface area contributed by atoms with E-state index in [1.54, 1.807) is 43.5 Å². The van der Waals surface area contributed by atoms with Crippen LogP contribution < -0.4 is 30.3 Å². The fourth-order valence-corrected chi connectivity index (χ4v) is 7.07. The van der Waals surface area contributed by atoms with Gasteiger partial charge < -0.3 is 28.6 Å². The average molecular weight is 954 g/mol. The molecule has 0 saturated heterocycles. The van der Waals surface area contributed by atoms with E-state index >= 15 is 0 Å². The largest absolute Gasteiger partial charge is 0.534 e. The van der Waals surface area contributed by atoms with Gasteiger partial charge in [-0.05, 0) is 47.4 Å². The highest BCUT2D eigenvalue weighted by Gasteiger charge is 2.49. The molecule has 0 saturated carbocycles. The van der Waals surface area contributed by atoms with E-state index in [0.29, 0.717) is 27.9 Å². The van der Waals surface area contributed by atoms with Gasteiger partial charge in [-0.1, -0.05) is 97.1 Å². The lowest BCUT2D eigenvalue weighted by molar-refractivity contribution is -0.0500. The second-order valence-corrected chi connectivity index (χ2v) is 15.7. The molecule has 4 aromatic carbocycles. The number of anilines is 1. The number of esters is 2. The summed E-state index contributed by atoms with van der Waals surface area (Å²) in [5, 5.41) is 5.46. The zero-order valence-electron chi connectivity index (χ0n) is 35.9. The number of nitrogens with zero attached hydrogens (tertiary/aromatic N) is 6. The molecule has 0 radical (unpaired) electrons. The van der Waals surface area contributed by atoms with E-state index in [1.807, 2.05) is 66.7 Å². The van der Waals surface area contributed by atoms with Crippen LogP contribution in [0.1, 0.15) is 51.3 Å². The lowest BCUT2D eigenvalue weighted by Gasteiger charge is -2.17. The normalized spacial score (nSPS) is 11.4. The van der Waals surface area contributed by atoms with Gasteiger partial charge in [0.15, 0.2) is 28.2 Å². The van der Waals surface area contributed by atoms with Crippen LogP contribution in [0.4, 0.5) is 18.9 Å². The van der Waals surface area contributed by atoms with Gasteiger partial charge in [0.2, 0.25) is 0 Å². The Morgan fingerprint density at radius 1 is 0.647 bits per heavy atom. The van der Waals surface area contributed by atoms with Crippen molar-refractivity contribution in [3.05, 3.63) is 177 Å². The molecule has 0 atom stereocenters. The predicted octanol–water partition coefficient (Wildman–Crippen LogP) is 6.19. The average Bonchev–Trinajstić information content (AvgIpc) is 3.33. The summed E-state index contributed by atoms with van der Waals surface area (Å²) in [5.74, 6) is -3.39. The number of aromatic nitrogens is 6. The standard InChI is InChI=1S/C28H24N4O4.C18H14F3N3O7S/c1-2-35-28(34)24-25(30-15-20-12-13-21-10-6-7-11-22(21)14-20)23-16-29-18-31-26(23)32(27(24)33)36-17-19-8-4-3-5-9-19;1-2-29-17(26)13-14(31-32(27,28)18(19,20)21)12-8-22-10-23-15(12)24(16(13)25)30-9-11-6-4-3-5-7-11/h3-14,16,18,30H,2,15,17H2,1H3;3-8,10H,2,9H2,1H3. The van der Waals surface area contributed by atoms with Gasteiger partial charge in [-0.2, -0.15) is 21.6 Å². The Balaban J connectivity index is 0.000000203. The van der Waals surface area contributed by atoms with Gasteiger partial charge in [-0.15, -0.1) is 9.46 Å². The topological polar surface area (TPSA) is 222 Å². The molecule has 68 heavy (non-hydrogen) atoms. The van der Waals surface area contributed by atoms with E-state index in [9.17, 15) is 40.8 Å². The van der Waals surface area contributed by atoms with Crippen molar-refractivity contribution >= 4 is 60.6 Å². The van der Waals surface area contributed by atoms with Crippen LogP contribution in [0.2, 0.25) is 0 Å². The van der Waals surface area contributed by atoms with Crippen LogP contribution in [0.3, 0.4) is 0 Å². The number of fused-ring (bicyclic) bond motifs is 3.